The van der Waals surface area contributed by atoms with Crippen LogP contribution in [0.2, 0.25) is 0 Å². The first-order valence-corrected chi connectivity index (χ1v) is 22.6. The highest BCUT2D eigenvalue weighted by Crippen LogP contribution is 2.14. The first-order valence-electron chi connectivity index (χ1n) is 22.6. The molecule has 0 spiro atoms. The van der Waals surface area contributed by atoms with E-state index in [1.807, 2.05) is 0 Å². The molecule has 2 atom stereocenters. The SMILES string of the molecule is CCCCCCC/C=C\CCCCCCCC(=O)OCCCCC/C=C\CCCCCCCC(=O)NC(CO)C(O)CCCCCCCCCCC. The van der Waals surface area contributed by atoms with Crippen molar-refractivity contribution in [2.45, 2.75) is 244 Å². The van der Waals surface area contributed by atoms with Crippen molar-refractivity contribution >= 4 is 11.9 Å². The summed E-state index contributed by atoms with van der Waals surface area (Å²) >= 11 is 0. The summed E-state index contributed by atoms with van der Waals surface area (Å²) in [7, 11) is 0. The number of amides is 1. The molecule has 0 aliphatic carbocycles. The molecule has 0 aromatic carbocycles. The molecule has 2 unspecified atom stereocenters. The van der Waals surface area contributed by atoms with Gasteiger partial charge in [0.05, 0.1) is 25.4 Å². The topological polar surface area (TPSA) is 95.9 Å². The number of esters is 1. The fourth-order valence-corrected chi connectivity index (χ4v) is 6.68. The minimum Gasteiger partial charge on any atom is -0.466 e. The fourth-order valence-electron chi connectivity index (χ4n) is 6.68. The lowest BCUT2D eigenvalue weighted by Gasteiger charge is -2.22. The minimum atomic E-state index is -0.677. The molecular weight excluding hydrogens is 647 g/mol. The molecule has 0 saturated heterocycles. The maximum absolute atomic E-state index is 12.3. The van der Waals surface area contributed by atoms with Gasteiger partial charge in [-0.05, 0) is 83.5 Å². The van der Waals surface area contributed by atoms with Crippen LogP contribution in [0.25, 0.3) is 0 Å². The number of carbonyl (C=O) groups excluding carboxylic acids is 2. The summed E-state index contributed by atoms with van der Waals surface area (Å²) in [5.74, 6) is -0.0974. The predicted molar refractivity (Wildman–Crippen MR) is 223 cm³/mol. The Bertz CT molecular complexity index is 813. The third kappa shape index (κ3) is 38.1. The number of carbonyl (C=O) groups is 2. The molecule has 1 amide bonds. The van der Waals surface area contributed by atoms with Crippen LogP contribution in [0.5, 0.6) is 0 Å². The lowest BCUT2D eigenvalue weighted by Crippen LogP contribution is -2.45. The van der Waals surface area contributed by atoms with Crippen LogP contribution in [0.4, 0.5) is 0 Å². The number of ether oxygens (including phenoxy) is 1. The molecule has 52 heavy (non-hydrogen) atoms. The zero-order valence-electron chi connectivity index (χ0n) is 34.5. The van der Waals surface area contributed by atoms with Crippen LogP contribution in [0.1, 0.15) is 232 Å². The molecular formula is C46H87NO5. The highest BCUT2D eigenvalue weighted by molar-refractivity contribution is 5.76. The highest BCUT2D eigenvalue weighted by atomic mass is 16.5. The van der Waals surface area contributed by atoms with E-state index < -0.39 is 12.1 Å². The summed E-state index contributed by atoms with van der Waals surface area (Å²) in [4.78, 5) is 24.3. The molecule has 0 aromatic heterocycles. The van der Waals surface area contributed by atoms with E-state index in [1.54, 1.807) is 0 Å². The molecule has 0 aliphatic rings. The monoisotopic (exact) mass is 734 g/mol. The van der Waals surface area contributed by atoms with E-state index in [0.717, 1.165) is 77.0 Å². The number of hydrogen-bond donors (Lipinski definition) is 3. The molecule has 6 heteroatoms. The molecule has 0 heterocycles. The van der Waals surface area contributed by atoms with Crippen molar-refractivity contribution in [2.75, 3.05) is 13.2 Å². The molecule has 0 bridgehead atoms. The Hall–Kier alpha value is -1.66. The summed E-state index contributed by atoms with van der Waals surface area (Å²) in [5, 5.41) is 23.0. The summed E-state index contributed by atoms with van der Waals surface area (Å²) < 4.78 is 5.42. The maximum Gasteiger partial charge on any atom is 0.305 e. The van der Waals surface area contributed by atoms with Crippen LogP contribution in [-0.4, -0.2) is 47.4 Å². The van der Waals surface area contributed by atoms with Crippen LogP contribution >= 0.6 is 0 Å². The molecule has 0 rings (SSSR count). The van der Waals surface area contributed by atoms with E-state index in [9.17, 15) is 19.8 Å². The van der Waals surface area contributed by atoms with Gasteiger partial charge in [0.25, 0.3) is 0 Å². The van der Waals surface area contributed by atoms with E-state index in [0.29, 0.717) is 25.9 Å². The van der Waals surface area contributed by atoms with Gasteiger partial charge in [0, 0.05) is 12.8 Å². The van der Waals surface area contributed by atoms with Gasteiger partial charge in [0.2, 0.25) is 5.91 Å². The first kappa shape index (κ1) is 50.3. The Morgan fingerprint density at radius 1 is 0.519 bits per heavy atom. The van der Waals surface area contributed by atoms with Crippen molar-refractivity contribution in [3.8, 4) is 0 Å². The van der Waals surface area contributed by atoms with Gasteiger partial charge in [0.1, 0.15) is 0 Å². The highest BCUT2D eigenvalue weighted by Gasteiger charge is 2.20. The van der Waals surface area contributed by atoms with Crippen molar-refractivity contribution in [3.63, 3.8) is 0 Å². The second-order valence-corrected chi connectivity index (χ2v) is 15.4. The molecule has 3 N–H and O–H groups in total. The molecule has 0 saturated carbocycles. The van der Waals surface area contributed by atoms with Crippen LogP contribution < -0.4 is 5.32 Å². The van der Waals surface area contributed by atoms with Gasteiger partial charge >= 0.3 is 5.97 Å². The summed E-state index contributed by atoms with van der Waals surface area (Å²) in [6, 6.07) is -0.557. The standard InChI is InChI=1S/C46H87NO5/c1-3-5-7-9-11-13-14-15-16-20-24-28-32-36-40-46(51)52-41-37-33-29-25-21-18-17-19-23-27-31-35-39-45(50)47-43(42-48)44(49)38-34-30-26-22-12-10-8-6-4-2/h14-15,18,21,43-44,48-49H,3-13,16-17,19-20,22-42H2,1-2H3,(H,47,50)/b15-14-,21-18-. The van der Waals surface area contributed by atoms with E-state index in [2.05, 4.69) is 43.5 Å². The average molecular weight is 734 g/mol. The average Bonchev–Trinajstić information content (AvgIpc) is 3.14. The van der Waals surface area contributed by atoms with E-state index >= 15 is 0 Å². The normalized spacial score (nSPS) is 12.9. The number of hydrogen-bond acceptors (Lipinski definition) is 5. The van der Waals surface area contributed by atoms with Gasteiger partial charge in [0.15, 0.2) is 0 Å². The van der Waals surface area contributed by atoms with Gasteiger partial charge in [-0.2, -0.15) is 0 Å². The van der Waals surface area contributed by atoms with Crippen molar-refractivity contribution in [3.05, 3.63) is 24.3 Å². The van der Waals surface area contributed by atoms with E-state index in [1.165, 1.54) is 122 Å². The smallest absolute Gasteiger partial charge is 0.305 e. The molecule has 6 nitrogen and oxygen atoms in total. The van der Waals surface area contributed by atoms with Crippen molar-refractivity contribution in [1.29, 1.82) is 0 Å². The molecule has 0 radical (unpaired) electrons. The van der Waals surface area contributed by atoms with Crippen molar-refractivity contribution in [2.24, 2.45) is 0 Å². The van der Waals surface area contributed by atoms with Crippen LogP contribution in [0.3, 0.4) is 0 Å². The van der Waals surface area contributed by atoms with E-state index in [-0.39, 0.29) is 18.5 Å². The van der Waals surface area contributed by atoms with Gasteiger partial charge in [-0.25, -0.2) is 0 Å². The first-order chi connectivity index (χ1) is 25.5. The Kier molecular flexibility index (Phi) is 40.7. The summed E-state index contributed by atoms with van der Waals surface area (Å²) in [5.41, 5.74) is 0. The maximum atomic E-state index is 12.3. The zero-order valence-corrected chi connectivity index (χ0v) is 34.5. The molecule has 0 aliphatic heterocycles. The number of aliphatic hydroxyl groups is 2. The number of unbranched alkanes of at least 4 members (excludes halogenated alkanes) is 26. The van der Waals surface area contributed by atoms with Gasteiger partial charge < -0.3 is 20.3 Å². The van der Waals surface area contributed by atoms with Crippen molar-refractivity contribution < 1.29 is 24.5 Å². The van der Waals surface area contributed by atoms with Gasteiger partial charge in [-0.1, -0.05) is 160 Å². The van der Waals surface area contributed by atoms with E-state index in [4.69, 9.17) is 4.74 Å². The number of aliphatic hydroxyl groups excluding tert-OH is 2. The number of nitrogens with one attached hydrogen (secondary N) is 1. The summed E-state index contributed by atoms with van der Waals surface area (Å²) in [6.45, 7) is 4.84. The summed E-state index contributed by atoms with van der Waals surface area (Å²) in [6.07, 6.45) is 47.1. The quantitative estimate of drug-likeness (QED) is 0.0330. The third-order valence-electron chi connectivity index (χ3n) is 10.2. The fraction of sp³-hybridized carbons (Fsp3) is 0.870. The van der Waals surface area contributed by atoms with Gasteiger partial charge in [-0.3, -0.25) is 9.59 Å². The Morgan fingerprint density at radius 2 is 0.904 bits per heavy atom. The van der Waals surface area contributed by atoms with Crippen molar-refractivity contribution in [1.82, 2.24) is 5.32 Å². The van der Waals surface area contributed by atoms with Crippen LogP contribution in [-0.2, 0) is 14.3 Å². The molecule has 0 fully saturated rings. The Morgan fingerprint density at radius 3 is 1.37 bits per heavy atom. The lowest BCUT2D eigenvalue weighted by molar-refractivity contribution is -0.143. The second-order valence-electron chi connectivity index (χ2n) is 15.4. The van der Waals surface area contributed by atoms with Gasteiger partial charge in [-0.15, -0.1) is 0 Å². The number of allylic oxidation sites excluding steroid dienone is 4. The third-order valence-corrected chi connectivity index (χ3v) is 10.2. The minimum absolute atomic E-state index is 0.0324. The second kappa shape index (κ2) is 42.1. The zero-order chi connectivity index (χ0) is 38.0. The number of rotatable bonds is 41. The largest absolute Gasteiger partial charge is 0.466 e. The molecule has 306 valence electrons. The van der Waals surface area contributed by atoms with Crippen LogP contribution in [0, 0.1) is 0 Å². The Balaban J connectivity index is 3.51. The van der Waals surface area contributed by atoms with Crippen LogP contribution in [0.15, 0.2) is 24.3 Å². The molecule has 0 aromatic rings. The Labute approximate surface area is 322 Å². The lowest BCUT2D eigenvalue weighted by atomic mass is 10.0. The predicted octanol–water partition coefficient (Wildman–Crippen LogP) is 12.8.